The van der Waals surface area contributed by atoms with Crippen LogP contribution in [0.4, 0.5) is 0 Å². The van der Waals surface area contributed by atoms with Crippen LogP contribution in [0, 0.1) is 0 Å². The third-order valence-electron chi connectivity index (χ3n) is 0. The molecule has 164 valence electrons. The van der Waals surface area contributed by atoms with Gasteiger partial charge in [-0.05, 0) is 0 Å². The summed E-state index contributed by atoms with van der Waals surface area (Å²) in [4.78, 5) is 0. The zero-order valence-electron chi connectivity index (χ0n) is 17.2. The van der Waals surface area contributed by atoms with Crippen LogP contribution in [0.5, 0.6) is 0 Å². The summed E-state index contributed by atoms with van der Waals surface area (Å²) in [7, 11) is 8.00. The second kappa shape index (κ2) is 292. The number of hydrogen-bond donors (Lipinski definition) is 8. The molecule has 12 heteroatoms. The Bertz CT molecular complexity index is 47.3. The molecule has 0 amide bonds. The molecule has 0 heterocycles. The highest BCUT2D eigenvalue weighted by Gasteiger charge is 1.66. The molecule has 0 aromatic rings. The summed E-state index contributed by atoms with van der Waals surface area (Å²) < 4.78 is 19.1. The van der Waals surface area contributed by atoms with Gasteiger partial charge in [-0.1, -0.05) is 22.4 Å². The van der Waals surface area contributed by atoms with Crippen molar-refractivity contribution >= 4 is 22.4 Å². The molecule has 0 aliphatic heterocycles. The van der Waals surface area contributed by atoms with Crippen LogP contribution in [0.3, 0.4) is 0 Å². The van der Waals surface area contributed by atoms with E-state index in [-0.39, 0.29) is 0 Å². The van der Waals surface area contributed by atoms with Gasteiger partial charge < -0.3 is 50.0 Å². The van der Waals surface area contributed by atoms with Crippen LogP contribution in [-0.2, 0) is 22.4 Å². The van der Waals surface area contributed by atoms with E-state index in [1.165, 1.54) is 0 Å². The molecule has 0 aliphatic rings. The second-order valence-electron chi connectivity index (χ2n) is 1.48. The van der Waals surface area contributed by atoms with Crippen molar-refractivity contribution in [2.45, 2.75) is 0 Å². The molecule has 24 heavy (non-hydrogen) atoms. The Morgan fingerprint density at radius 2 is 0.333 bits per heavy atom. The SMILES string of the molecule is CO.CO.CO.CO.CO.CO.CO.CO.C[S+](C)[O-].C[S+](C)[O-]. The Hall–Kier alpha value is 0.300. The van der Waals surface area contributed by atoms with Gasteiger partial charge in [-0.25, -0.2) is 0 Å². The summed E-state index contributed by atoms with van der Waals surface area (Å²) in [6, 6.07) is 0. The summed E-state index contributed by atoms with van der Waals surface area (Å²) in [5.41, 5.74) is 0. The van der Waals surface area contributed by atoms with Gasteiger partial charge in [0.1, 0.15) is 0 Å². The van der Waals surface area contributed by atoms with Crippen molar-refractivity contribution in [1.82, 2.24) is 0 Å². The fourth-order valence-electron chi connectivity index (χ4n) is 0. The van der Waals surface area contributed by atoms with Crippen LogP contribution < -0.4 is 0 Å². The third kappa shape index (κ3) is 112000. The van der Waals surface area contributed by atoms with E-state index >= 15 is 0 Å². The Kier molecular flexibility index (Phi) is 785. The fourth-order valence-corrected chi connectivity index (χ4v) is 0. The highest BCUT2D eigenvalue weighted by Crippen LogP contribution is 1.62. The first-order valence-electron chi connectivity index (χ1n) is 5.54. The quantitative estimate of drug-likeness (QED) is 0.187. The number of hydrogen-bond acceptors (Lipinski definition) is 10. The predicted molar refractivity (Wildman–Crippen MR) is 105 cm³/mol. The smallest absolute Gasteiger partial charge is 0.0946 e. The van der Waals surface area contributed by atoms with Crippen LogP contribution >= 0.6 is 0 Å². The number of aliphatic hydroxyl groups excluding tert-OH is 8. The second-order valence-corrected chi connectivity index (χ2v) is 4.45. The third-order valence-corrected chi connectivity index (χ3v) is 0. The van der Waals surface area contributed by atoms with Gasteiger partial charge in [0, 0.05) is 56.9 Å². The molecule has 0 aromatic carbocycles. The minimum atomic E-state index is -0.611. The van der Waals surface area contributed by atoms with Gasteiger partial charge in [0.05, 0.1) is 25.0 Å². The van der Waals surface area contributed by atoms with Gasteiger partial charge in [-0.2, -0.15) is 0 Å². The molecule has 0 spiro atoms. The zero-order chi connectivity index (χ0) is 23.2. The van der Waals surface area contributed by atoms with E-state index in [0.29, 0.717) is 0 Å². The lowest BCUT2D eigenvalue weighted by molar-refractivity contribution is 0.399. The topological polar surface area (TPSA) is 208 Å². The van der Waals surface area contributed by atoms with Gasteiger partial charge in [0.15, 0.2) is 0 Å². The van der Waals surface area contributed by atoms with E-state index in [9.17, 15) is 9.11 Å². The minimum Gasteiger partial charge on any atom is -0.617 e. The van der Waals surface area contributed by atoms with Crippen LogP contribution in [0.25, 0.3) is 0 Å². The van der Waals surface area contributed by atoms with Crippen molar-refractivity contribution in [2.24, 2.45) is 0 Å². The van der Waals surface area contributed by atoms with Crippen LogP contribution in [0.1, 0.15) is 0 Å². The average molecular weight is 413 g/mol. The maximum atomic E-state index is 9.56. The summed E-state index contributed by atoms with van der Waals surface area (Å²) in [6.07, 6.45) is 6.56. The molecule has 0 saturated heterocycles. The molecular formula is C12H44O10S2. The Morgan fingerprint density at radius 1 is 0.333 bits per heavy atom. The lowest BCUT2D eigenvalue weighted by atomic mass is 11.8. The first kappa shape index (κ1) is 64.5. The van der Waals surface area contributed by atoms with E-state index in [0.717, 1.165) is 56.9 Å². The molecule has 0 aromatic heterocycles. The van der Waals surface area contributed by atoms with Gasteiger partial charge in [-0.15, -0.1) is 0 Å². The summed E-state index contributed by atoms with van der Waals surface area (Å²) in [5.74, 6) is 0. The molecule has 0 radical (unpaired) electrons. The van der Waals surface area contributed by atoms with Crippen molar-refractivity contribution in [3.8, 4) is 0 Å². The van der Waals surface area contributed by atoms with Crippen molar-refractivity contribution in [2.75, 3.05) is 81.9 Å². The first-order chi connectivity index (χ1) is 11.5. The van der Waals surface area contributed by atoms with Crippen LogP contribution in [0.15, 0.2) is 0 Å². The van der Waals surface area contributed by atoms with Crippen molar-refractivity contribution in [3.05, 3.63) is 0 Å². The fraction of sp³-hybridized carbons (Fsp3) is 1.00. The zero-order valence-corrected chi connectivity index (χ0v) is 18.8. The van der Waals surface area contributed by atoms with Gasteiger partial charge in [-0.3, -0.25) is 0 Å². The standard InChI is InChI=1S/2C2H6OS.8CH4O/c2*1-4(2)3;8*1-2/h2*1-2H3;8*2H,1H3. The molecule has 0 rings (SSSR count). The molecular weight excluding hydrogens is 368 g/mol. The number of rotatable bonds is 0. The minimum absolute atomic E-state index is 0.611. The number of aliphatic hydroxyl groups is 8. The van der Waals surface area contributed by atoms with Gasteiger partial charge in [0.2, 0.25) is 0 Å². The molecule has 0 saturated carbocycles. The molecule has 10 nitrogen and oxygen atoms in total. The largest absolute Gasteiger partial charge is 0.617 e. The van der Waals surface area contributed by atoms with E-state index < -0.39 is 22.4 Å². The molecule has 0 atom stereocenters. The molecule has 0 aliphatic carbocycles. The Balaban J connectivity index is -0.0000000116. The average Bonchev–Trinajstić information content (AvgIpc) is 2.67. The first-order valence-corrected chi connectivity index (χ1v) is 9.48. The van der Waals surface area contributed by atoms with E-state index in [2.05, 4.69) is 0 Å². The highest BCUT2D eigenvalue weighted by molar-refractivity contribution is 7.90. The van der Waals surface area contributed by atoms with Crippen LogP contribution in [-0.4, -0.2) is 132 Å². The summed E-state index contributed by atoms with van der Waals surface area (Å²) >= 11 is -1.22. The maximum absolute atomic E-state index is 9.56. The Labute approximate surface area is 154 Å². The van der Waals surface area contributed by atoms with E-state index in [4.69, 9.17) is 40.9 Å². The van der Waals surface area contributed by atoms with Crippen molar-refractivity contribution < 1.29 is 50.0 Å². The predicted octanol–water partition coefficient (Wildman–Crippen LogP) is -3.14. The summed E-state index contributed by atoms with van der Waals surface area (Å²) in [5, 5.41) is 56.0. The normalized spacial score (nSPS) is 5.00. The van der Waals surface area contributed by atoms with E-state index in [1.54, 1.807) is 25.0 Å². The molecule has 0 unspecified atom stereocenters. The molecule has 0 bridgehead atoms. The molecule has 0 fully saturated rings. The van der Waals surface area contributed by atoms with Crippen LogP contribution in [0.2, 0.25) is 0 Å². The van der Waals surface area contributed by atoms with Gasteiger partial charge in [0.25, 0.3) is 0 Å². The summed E-state index contributed by atoms with van der Waals surface area (Å²) in [6.45, 7) is 0. The molecule has 8 N–H and O–H groups in total. The lowest BCUT2D eigenvalue weighted by Gasteiger charge is -1.87. The monoisotopic (exact) mass is 412 g/mol. The van der Waals surface area contributed by atoms with Crippen molar-refractivity contribution in [3.63, 3.8) is 0 Å². The maximum Gasteiger partial charge on any atom is 0.0946 e. The van der Waals surface area contributed by atoms with Gasteiger partial charge >= 0.3 is 0 Å². The van der Waals surface area contributed by atoms with Crippen molar-refractivity contribution in [1.29, 1.82) is 0 Å². The lowest BCUT2D eigenvalue weighted by Crippen LogP contribution is -1.86. The Morgan fingerprint density at radius 3 is 0.333 bits per heavy atom. The highest BCUT2D eigenvalue weighted by atomic mass is 32.2. The van der Waals surface area contributed by atoms with E-state index in [1.807, 2.05) is 0 Å².